The lowest BCUT2D eigenvalue weighted by Gasteiger charge is -2.23. The summed E-state index contributed by atoms with van der Waals surface area (Å²) in [4.78, 5) is 28.3. The summed E-state index contributed by atoms with van der Waals surface area (Å²) in [7, 11) is 0. The van der Waals surface area contributed by atoms with E-state index in [1.807, 2.05) is 9.80 Å². The first-order chi connectivity index (χ1) is 9.74. The summed E-state index contributed by atoms with van der Waals surface area (Å²) >= 11 is 0. The lowest BCUT2D eigenvalue weighted by molar-refractivity contribution is -0.134. The molecule has 4 nitrogen and oxygen atoms in total. The van der Waals surface area contributed by atoms with Gasteiger partial charge in [-0.1, -0.05) is 12.2 Å². The van der Waals surface area contributed by atoms with E-state index in [1.54, 1.807) is 0 Å². The van der Waals surface area contributed by atoms with Gasteiger partial charge in [-0.2, -0.15) is 0 Å². The van der Waals surface area contributed by atoms with Crippen LogP contribution in [0.1, 0.15) is 38.5 Å². The number of nitrogens with zero attached hydrogens (tertiary/aromatic N) is 2. The fourth-order valence-corrected chi connectivity index (χ4v) is 3.19. The molecule has 0 N–H and O–H groups in total. The van der Waals surface area contributed by atoms with Gasteiger partial charge in [0, 0.05) is 38.5 Å². The third-order valence-electron chi connectivity index (χ3n) is 4.64. The topological polar surface area (TPSA) is 40.6 Å². The van der Waals surface area contributed by atoms with Gasteiger partial charge in [-0.15, -0.1) is 0 Å². The van der Waals surface area contributed by atoms with Gasteiger partial charge in [-0.25, -0.2) is 0 Å². The number of carbonyl (C=O) groups is 2. The summed E-state index contributed by atoms with van der Waals surface area (Å²) in [6.07, 6.45) is 10.3. The van der Waals surface area contributed by atoms with Crippen molar-refractivity contribution in [2.24, 2.45) is 11.8 Å². The van der Waals surface area contributed by atoms with Crippen molar-refractivity contribution < 1.29 is 9.59 Å². The first-order valence-corrected chi connectivity index (χ1v) is 7.97. The van der Waals surface area contributed by atoms with Crippen LogP contribution >= 0.6 is 0 Å². The van der Waals surface area contributed by atoms with Crippen molar-refractivity contribution in [3.8, 4) is 0 Å². The van der Waals surface area contributed by atoms with E-state index in [1.165, 1.54) is 0 Å². The van der Waals surface area contributed by atoms with E-state index in [0.29, 0.717) is 30.7 Å². The molecular weight excluding hydrogens is 252 g/mol. The van der Waals surface area contributed by atoms with Crippen LogP contribution in [0.25, 0.3) is 0 Å². The molecule has 2 aliphatic carbocycles. The highest BCUT2D eigenvalue weighted by molar-refractivity contribution is 5.81. The van der Waals surface area contributed by atoms with Gasteiger partial charge in [-0.3, -0.25) is 9.59 Å². The Hall–Kier alpha value is -1.32. The third-order valence-corrected chi connectivity index (χ3v) is 4.64. The quantitative estimate of drug-likeness (QED) is 0.738. The molecule has 2 fully saturated rings. The second kappa shape index (κ2) is 5.98. The van der Waals surface area contributed by atoms with Gasteiger partial charge in [0.15, 0.2) is 0 Å². The maximum atomic E-state index is 12.3. The molecular formula is C16H24N2O2. The van der Waals surface area contributed by atoms with E-state index in [-0.39, 0.29) is 5.91 Å². The van der Waals surface area contributed by atoms with E-state index in [2.05, 4.69) is 12.2 Å². The maximum absolute atomic E-state index is 12.3. The summed E-state index contributed by atoms with van der Waals surface area (Å²) in [5, 5.41) is 0. The molecule has 0 bridgehead atoms. The number of amides is 2. The van der Waals surface area contributed by atoms with Crippen molar-refractivity contribution in [2.75, 3.05) is 26.2 Å². The maximum Gasteiger partial charge on any atom is 0.225 e. The Morgan fingerprint density at radius 3 is 2.45 bits per heavy atom. The highest BCUT2D eigenvalue weighted by atomic mass is 16.2. The second-order valence-electron chi connectivity index (χ2n) is 6.30. The Balaban J connectivity index is 1.49. The first kappa shape index (κ1) is 13.7. The standard InChI is InChI=1S/C16H24N2O2/c19-15(12-13-4-1-2-5-13)17-8-3-9-18(11-10-17)16(20)14-6-7-14/h1,4,13-14H,2-3,5-12H2. The Labute approximate surface area is 120 Å². The summed E-state index contributed by atoms with van der Waals surface area (Å²) < 4.78 is 0. The molecule has 1 atom stereocenters. The van der Waals surface area contributed by atoms with Crippen LogP contribution < -0.4 is 0 Å². The van der Waals surface area contributed by atoms with Gasteiger partial charge < -0.3 is 9.80 Å². The van der Waals surface area contributed by atoms with Crippen molar-refractivity contribution in [1.29, 1.82) is 0 Å². The predicted molar refractivity (Wildman–Crippen MR) is 77.0 cm³/mol. The van der Waals surface area contributed by atoms with Crippen molar-refractivity contribution in [3.63, 3.8) is 0 Å². The van der Waals surface area contributed by atoms with Gasteiger partial charge >= 0.3 is 0 Å². The summed E-state index contributed by atoms with van der Waals surface area (Å²) in [6, 6.07) is 0. The zero-order valence-corrected chi connectivity index (χ0v) is 12.1. The first-order valence-electron chi connectivity index (χ1n) is 7.97. The highest BCUT2D eigenvalue weighted by Gasteiger charge is 2.34. The number of allylic oxidation sites excluding steroid dienone is 2. The fraction of sp³-hybridized carbons (Fsp3) is 0.750. The van der Waals surface area contributed by atoms with Crippen LogP contribution in [-0.2, 0) is 9.59 Å². The van der Waals surface area contributed by atoms with E-state index < -0.39 is 0 Å². The van der Waals surface area contributed by atoms with E-state index in [4.69, 9.17) is 0 Å². The Bertz CT molecular complexity index is 415. The van der Waals surface area contributed by atoms with Crippen LogP contribution in [0.5, 0.6) is 0 Å². The zero-order chi connectivity index (χ0) is 13.9. The molecule has 1 unspecified atom stereocenters. The molecule has 20 heavy (non-hydrogen) atoms. The van der Waals surface area contributed by atoms with Crippen molar-refractivity contribution in [1.82, 2.24) is 9.80 Å². The second-order valence-corrected chi connectivity index (χ2v) is 6.30. The average Bonchev–Trinajstić information content (AvgIpc) is 3.22. The molecule has 0 radical (unpaired) electrons. The molecule has 1 aliphatic heterocycles. The molecule has 0 spiro atoms. The molecule has 1 saturated heterocycles. The molecule has 4 heteroatoms. The number of hydrogen-bond donors (Lipinski definition) is 0. The smallest absolute Gasteiger partial charge is 0.225 e. The minimum Gasteiger partial charge on any atom is -0.341 e. The normalized spacial score (nSPS) is 26.7. The summed E-state index contributed by atoms with van der Waals surface area (Å²) in [6.45, 7) is 3.07. The molecule has 0 aromatic rings. The van der Waals surface area contributed by atoms with Crippen LogP contribution in [0.3, 0.4) is 0 Å². The van der Waals surface area contributed by atoms with Crippen molar-refractivity contribution in [2.45, 2.75) is 38.5 Å². The van der Waals surface area contributed by atoms with E-state index in [0.717, 1.165) is 51.7 Å². The van der Waals surface area contributed by atoms with Crippen LogP contribution in [0.15, 0.2) is 12.2 Å². The van der Waals surface area contributed by atoms with Gasteiger partial charge in [0.2, 0.25) is 11.8 Å². The lowest BCUT2D eigenvalue weighted by atomic mass is 10.0. The molecule has 110 valence electrons. The van der Waals surface area contributed by atoms with Gasteiger partial charge in [0.25, 0.3) is 0 Å². The van der Waals surface area contributed by atoms with E-state index >= 15 is 0 Å². The Kier molecular flexibility index (Phi) is 4.08. The van der Waals surface area contributed by atoms with Crippen LogP contribution in [0, 0.1) is 11.8 Å². The Morgan fingerprint density at radius 1 is 1.00 bits per heavy atom. The molecule has 0 aromatic carbocycles. The van der Waals surface area contributed by atoms with Crippen LogP contribution in [-0.4, -0.2) is 47.8 Å². The molecule has 1 heterocycles. The molecule has 0 aromatic heterocycles. The zero-order valence-electron chi connectivity index (χ0n) is 12.1. The van der Waals surface area contributed by atoms with Gasteiger partial charge in [0.05, 0.1) is 0 Å². The molecule has 1 saturated carbocycles. The molecule has 2 amide bonds. The summed E-state index contributed by atoms with van der Waals surface area (Å²) in [5.41, 5.74) is 0. The summed E-state index contributed by atoms with van der Waals surface area (Å²) in [5.74, 6) is 1.32. The highest BCUT2D eigenvalue weighted by Crippen LogP contribution is 2.31. The monoisotopic (exact) mass is 276 g/mol. The van der Waals surface area contributed by atoms with Gasteiger partial charge in [-0.05, 0) is 38.0 Å². The lowest BCUT2D eigenvalue weighted by Crippen LogP contribution is -2.38. The number of rotatable bonds is 3. The average molecular weight is 276 g/mol. The van der Waals surface area contributed by atoms with Gasteiger partial charge in [0.1, 0.15) is 0 Å². The fourth-order valence-electron chi connectivity index (χ4n) is 3.19. The van der Waals surface area contributed by atoms with Crippen LogP contribution in [0.4, 0.5) is 0 Å². The largest absolute Gasteiger partial charge is 0.341 e. The third kappa shape index (κ3) is 3.22. The molecule has 3 aliphatic rings. The molecule has 3 rings (SSSR count). The Morgan fingerprint density at radius 2 is 1.75 bits per heavy atom. The SMILES string of the molecule is O=C(CC1C=CCC1)N1CCCN(C(=O)C2CC2)CC1. The van der Waals surface area contributed by atoms with Crippen LogP contribution in [0.2, 0.25) is 0 Å². The number of hydrogen-bond acceptors (Lipinski definition) is 2. The minimum atomic E-state index is 0.266. The predicted octanol–water partition coefficient (Wildman–Crippen LogP) is 1.81. The van der Waals surface area contributed by atoms with Crippen molar-refractivity contribution in [3.05, 3.63) is 12.2 Å². The van der Waals surface area contributed by atoms with E-state index in [9.17, 15) is 9.59 Å². The van der Waals surface area contributed by atoms with Crippen molar-refractivity contribution >= 4 is 11.8 Å². The minimum absolute atomic E-state index is 0.266. The number of carbonyl (C=O) groups excluding carboxylic acids is 2.